The lowest BCUT2D eigenvalue weighted by atomic mass is 10.5. The summed E-state index contributed by atoms with van der Waals surface area (Å²) in [5.41, 5.74) is 3.76. The Morgan fingerprint density at radius 2 is 2.42 bits per heavy atom. The molecular weight excluding hydrogens is 156 g/mol. The Balaban J connectivity index is 2.55. The molecule has 0 aliphatic heterocycles. The van der Waals surface area contributed by atoms with Gasteiger partial charge in [-0.15, -0.1) is 0 Å². The zero-order valence-corrected chi connectivity index (χ0v) is 6.31. The van der Waals surface area contributed by atoms with Gasteiger partial charge in [0.25, 0.3) is 0 Å². The van der Waals surface area contributed by atoms with Gasteiger partial charge in [0.1, 0.15) is 0 Å². The smallest absolute Gasteiger partial charge is 0.155 e. The van der Waals surface area contributed by atoms with Crippen molar-refractivity contribution in [3.8, 4) is 0 Å². The molecule has 0 aliphatic rings. The number of aromatic nitrogens is 3. The molecule has 2 heterocycles. The minimum Gasteiger partial charge on any atom is -0.316 e. The van der Waals surface area contributed by atoms with E-state index in [-0.39, 0.29) is 0 Å². The number of rotatable bonds is 2. The summed E-state index contributed by atoms with van der Waals surface area (Å²) >= 11 is 0. The number of fused-ring (bicyclic) bond motifs is 1. The molecule has 62 valence electrons. The standard InChI is InChI=1S/C7H8N4O/c12-10-4-6-3-9-7-5-8-1-2-11(6)7/h1-3,5,10,12H,4H2. The fourth-order valence-electron chi connectivity index (χ4n) is 1.11. The third-order valence-electron chi connectivity index (χ3n) is 1.65. The molecule has 0 aliphatic carbocycles. The second-order valence-corrected chi connectivity index (χ2v) is 2.39. The van der Waals surface area contributed by atoms with E-state index in [1.165, 1.54) is 0 Å². The molecule has 2 N–H and O–H groups in total. The van der Waals surface area contributed by atoms with E-state index in [1.54, 1.807) is 24.8 Å². The molecule has 0 radical (unpaired) electrons. The zero-order valence-electron chi connectivity index (χ0n) is 6.31. The predicted molar refractivity (Wildman–Crippen MR) is 41.6 cm³/mol. The highest BCUT2D eigenvalue weighted by molar-refractivity contribution is 5.36. The molecule has 0 amide bonds. The van der Waals surface area contributed by atoms with Crippen LogP contribution in [0.2, 0.25) is 0 Å². The lowest BCUT2D eigenvalue weighted by Gasteiger charge is -1.97. The highest BCUT2D eigenvalue weighted by Gasteiger charge is 1.99. The first-order valence-corrected chi connectivity index (χ1v) is 3.55. The van der Waals surface area contributed by atoms with E-state index in [9.17, 15) is 0 Å². The van der Waals surface area contributed by atoms with Crippen molar-refractivity contribution in [3.05, 3.63) is 30.5 Å². The maximum atomic E-state index is 8.49. The second kappa shape index (κ2) is 2.88. The fourth-order valence-corrected chi connectivity index (χ4v) is 1.11. The van der Waals surface area contributed by atoms with Crippen LogP contribution in [0.25, 0.3) is 5.65 Å². The van der Waals surface area contributed by atoms with Crippen molar-refractivity contribution in [3.63, 3.8) is 0 Å². The first-order chi connectivity index (χ1) is 5.92. The SMILES string of the molecule is ONCc1cnc2cnccn12. The van der Waals surface area contributed by atoms with Gasteiger partial charge >= 0.3 is 0 Å². The Hall–Kier alpha value is -1.46. The third-order valence-corrected chi connectivity index (χ3v) is 1.65. The number of nitrogens with zero attached hydrogens (tertiary/aromatic N) is 3. The number of hydroxylamine groups is 1. The molecular formula is C7H8N4O. The molecule has 2 rings (SSSR count). The van der Waals surface area contributed by atoms with Crippen molar-refractivity contribution < 1.29 is 5.21 Å². The summed E-state index contributed by atoms with van der Waals surface area (Å²) in [6, 6.07) is 0. The summed E-state index contributed by atoms with van der Waals surface area (Å²) in [5, 5.41) is 8.49. The first-order valence-electron chi connectivity index (χ1n) is 3.55. The van der Waals surface area contributed by atoms with Gasteiger partial charge in [-0.25, -0.2) is 4.98 Å². The molecule has 0 atom stereocenters. The molecule has 0 fully saturated rings. The largest absolute Gasteiger partial charge is 0.316 e. The Bertz CT molecular complexity index is 384. The topological polar surface area (TPSA) is 62.5 Å². The molecule has 0 spiro atoms. The molecule has 12 heavy (non-hydrogen) atoms. The monoisotopic (exact) mass is 164 g/mol. The van der Waals surface area contributed by atoms with E-state index >= 15 is 0 Å². The van der Waals surface area contributed by atoms with E-state index in [0.29, 0.717) is 6.54 Å². The molecule has 5 nitrogen and oxygen atoms in total. The van der Waals surface area contributed by atoms with Crippen molar-refractivity contribution in [2.45, 2.75) is 6.54 Å². The van der Waals surface area contributed by atoms with E-state index in [0.717, 1.165) is 11.3 Å². The van der Waals surface area contributed by atoms with Gasteiger partial charge < -0.3 is 5.21 Å². The maximum Gasteiger partial charge on any atom is 0.155 e. The predicted octanol–water partition coefficient (Wildman–Crippen LogP) is 0.208. The lowest BCUT2D eigenvalue weighted by Crippen LogP contribution is -2.08. The van der Waals surface area contributed by atoms with Crippen LogP contribution in [0.1, 0.15) is 5.69 Å². The quantitative estimate of drug-likeness (QED) is 0.623. The summed E-state index contributed by atoms with van der Waals surface area (Å²) in [6.07, 6.45) is 6.84. The third kappa shape index (κ3) is 1.05. The molecule has 2 aromatic rings. The van der Waals surface area contributed by atoms with E-state index in [4.69, 9.17) is 5.21 Å². The Morgan fingerprint density at radius 1 is 1.50 bits per heavy atom. The summed E-state index contributed by atoms with van der Waals surface area (Å²) in [5.74, 6) is 0. The Morgan fingerprint density at radius 3 is 3.25 bits per heavy atom. The van der Waals surface area contributed by atoms with Gasteiger partial charge in [-0.3, -0.25) is 9.38 Å². The second-order valence-electron chi connectivity index (χ2n) is 2.39. The lowest BCUT2D eigenvalue weighted by molar-refractivity contribution is 0.159. The van der Waals surface area contributed by atoms with Gasteiger partial charge in [0.05, 0.1) is 24.6 Å². The van der Waals surface area contributed by atoms with Crippen molar-refractivity contribution in [2.24, 2.45) is 0 Å². The van der Waals surface area contributed by atoms with Gasteiger partial charge in [-0.2, -0.15) is 5.48 Å². The van der Waals surface area contributed by atoms with Crippen LogP contribution < -0.4 is 5.48 Å². The van der Waals surface area contributed by atoms with Crippen LogP contribution in [0.3, 0.4) is 0 Å². The van der Waals surface area contributed by atoms with Crippen LogP contribution >= 0.6 is 0 Å². The molecule has 0 unspecified atom stereocenters. The van der Waals surface area contributed by atoms with Crippen molar-refractivity contribution >= 4 is 5.65 Å². The van der Waals surface area contributed by atoms with Crippen LogP contribution in [0, 0.1) is 0 Å². The number of imidazole rings is 1. The summed E-state index contributed by atoms with van der Waals surface area (Å²) < 4.78 is 1.86. The van der Waals surface area contributed by atoms with Crippen molar-refractivity contribution in [2.75, 3.05) is 0 Å². The van der Waals surface area contributed by atoms with E-state index in [2.05, 4.69) is 15.4 Å². The minimum absolute atomic E-state index is 0.380. The summed E-state index contributed by atoms with van der Waals surface area (Å²) in [6.45, 7) is 0.380. The van der Waals surface area contributed by atoms with Crippen molar-refractivity contribution in [1.29, 1.82) is 0 Å². The summed E-state index contributed by atoms with van der Waals surface area (Å²) in [4.78, 5) is 8.01. The molecule has 0 saturated carbocycles. The Labute approximate surface area is 68.7 Å². The molecule has 0 saturated heterocycles. The molecule has 0 aromatic carbocycles. The van der Waals surface area contributed by atoms with Gasteiger partial charge in [-0.1, -0.05) is 0 Å². The highest BCUT2D eigenvalue weighted by atomic mass is 16.5. The number of hydrogen-bond acceptors (Lipinski definition) is 4. The maximum absolute atomic E-state index is 8.49. The van der Waals surface area contributed by atoms with Crippen molar-refractivity contribution in [1.82, 2.24) is 19.8 Å². The van der Waals surface area contributed by atoms with Gasteiger partial charge in [-0.05, 0) is 0 Å². The molecule has 2 aromatic heterocycles. The van der Waals surface area contributed by atoms with E-state index < -0.39 is 0 Å². The average molecular weight is 164 g/mol. The van der Waals surface area contributed by atoms with Gasteiger partial charge in [0.15, 0.2) is 5.65 Å². The summed E-state index contributed by atoms with van der Waals surface area (Å²) in [7, 11) is 0. The fraction of sp³-hybridized carbons (Fsp3) is 0.143. The highest BCUT2D eigenvalue weighted by Crippen LogP contribution is 2.03. The number of hydrogen-bond donors (Lipinski definition) is 2. The van der Waals surface area contributed by atoms with Gasteiger partial charge in [0.2, 0.25) is 0 Å². The average Bonchev–Trinajstić information content (AvgIpc) is 2.50. The molecule has 5 heteroatoms. The van der Waals surface area contributed by atoms with Gasteiger partial charge in [0, 0.05) is 12.4 Å². The molecule has 0 bridgehead atoms. The van der Waals surface area contributed by atoms with Crippen LogP contribution in [0.4, 0.5) is 0 Å². The Kier molecular flexibility index (Phi) is 1.73. The minimum atomic E-state index is 0.380. The van der Waals surface area contributed by atoms with Crippen LogP contribution in [-0.4, -0.2) is 19.6 Å². The van der Waals surface area contributed by atoms with Crippen LogP contribution in [0.5, 0.6) is 0 Å². The first kappa shape index (κ1) is 7.20. The number of nitrogens with one attached hydrogen (secondary N) is 1. The van der Waals surface area contributed by atoms with Crippen LogP contribution in [-0.2, 0) is 6.54 Å². The normalized spacial score (nSPS) is 10.8. The zero-order chi connectivity index (χ0) is 8.39. The van der Waals surface area contributed by atoms with E-state index in [1.807, 2.05) is 4.40 Å². The van der Waals surface area contributed by atoms with Crippen LogP contribution in [0.15, 0.2) is 24.8 Å².